The number of ether oxygens (including phenoxy) is 7. The van der Waals surface area contributed by atoms with E-state index in [0.29, 0.717) is 12.7 Å². The van der Waals surface area contributed by atoms with Crippen LogP contribution in [-0.2, 0) is 33.2 Å². The minimum Gasteiger partial charge on any atom is -0.394 e. The first-order chi connectivity index (χ1) is 14.2. The molecule has 9 nitrogen and oxygen atoms in total. The van der Waals surface area contributed by atoms with Crippen molar-refractivity contribution in [3.63, 3.8) is 0 Å². The summed E-state index contributed by atoms with van der Waals surface area (Å²) in [6.45, 7) is 1.84. The van der Waals surface area contributed by atoms with E-state index in [1.807, 2.05) is 6.92 Å². The standard InChI is InChI=1S/C12H22F4O7.C5H10O2/c1-2-19-5-10(18)6-21-7-11(13,14)23-12(15,16)8-22-9-20-4-3-17;1-2-6-3-5-4-7-5/h10,17-18H,2-9H2,1H3;5H,2-4H2,1H3. The van der Waals surface area contributed by atoms with Gasteiger partial charge in [-0.3, -0.25) is 4.74 Å². The molecule has 0 aromatic heterocycles. The molecule has 0 aromatic rings. The second-order valence-electron chi connectivity index (χ2n) is 5.92. The number of aliphatic hydroxyl groups excluding tert-OH is 2. The summed E-state index contributed by atoms with van der Waals surface area (Å²) in [6.07, 6.45) is -9.26. The molecule has 13 heteroatoms. The van der Waals surface area contributed by atoms with Crippen LogP contribution in [-0.4, -0.2) is 107 Å². The summed E-state index contributed by atoms with van der Waals surface area (Å²) in [6, 6.07) is 0. The SMILES string of the molecule is CCOCC(O)COCC(F)(F)OC(F)(F)COCOCCO.CCOCC1CO1. The number of hydrogen-bond acceptors (Lipinski definition) is 9. The van der Waals surface area contributed by atoms with Gasteiger partial charge >= 0.3 is 12.2 Å². The molecule has 1 fully saturated rings. The Morgan fingerprint density at radius 1 is 0.933 bits per heavy atom. The summed E-state index contributed by atoms with van der Waals surface area (Å²) in [5.41, 5.74) is 0. The molecular weight excluding hydrogens is 424 g/mol. The highest BCUT2D eigenvalue weighted by atomic mass is 19.3. The van der Waals surface area contributed by atoms with Gasteiger partial charge in [-0.2, -0.15) is 17.6 Å². The van der Waals surface area contributed by atoms with Gasteiger partial charge in [-0.05, 0) is 13.8 Å². The monoisotopic (exact) mass is 456 g/mol. The fourth-order valence-corrected chi connectivity index (χ4v) is 1.65. The third-order valence-corrected chi connectivity index (χ3v) is 2.98. The first-order valence-electron chi connectivity index (χ1n) is 9.40. The number of aliphatic hydroxyl groups is 2. The maximum absolute atomic E-state index is 13.2. The molecule has 0 radical (unpaired) electrons. The first kappa shape index (κ1) is 29.4. The van der Waals surface area contributed by atoms with Crippen LogP contribution < -0.4 is 0 Å². The summed E-state index contributed by atoms with van der Waals surface area (Å²) in [5.74, 6) is 0. The van der Waals surface area contributed by atoms with Gasteiger partial charge in [-0.15, -0.1) is 0 Å². The molecule has 0 saturated carbocycles. The van der Waals surface area contributed by atoms with Crippen molar-refractivity contribution < 1.29 is 60.9 Å². The van der Waals surface area contributed by atoms with E-state index in [1.165, 1.54) is 0 Å². The molecule has 2 unspecified atom stereocenters. The van der Waals surface area contributed by atoms with Crippen molar-refractivity contribution in [3.8, 4) is 0 Å². The zero-order chi connectivity index (χ0) is 22.9. The topological polar surface area (TPSA) is 108 Å². The molecule has 0 bridgehead atoms. The Labute approximate surface area is 173 Å². The van der Waals surface area contributed by atoms with E-state index in [-0.39, 0.29) is 19.8 Å². The highest BCUT2D eigenvalue weighted by Crippen LogP contribution is 2.27. The number of hydrogen-bond donors (Lipinski definition) is 2. The molecule has 0 aromatic carbocycles. The Morgan fingerprint density at radius 3 is 2.03 bits per heavy atom. The fourth-order valence-electron chi connectivity index (χ4n) is 1.65. The van der Waals surface area contributed by atoms with Crippen LogP contribution in [0.1, 0.15) is 13.8 Å². The van der Waals surface area contributed by atoms with Crippen molar-refractivity contribution in [1.82, 2.24) is 0 Å². The highest BCUT2D eigenvalue weighted by Gasteiger charge is 2.44. The summed E-state index contributed by atoms with van der Waals surface area (Å²) < 4.78 is 84.0. The third kappa shape index (κ3) is 19.3. The number of rotatable bonds is 18. The van der Waals surface area contributed by atoms with E-state index >= 15 is 0 Å². The van der Waals surface area contributed by atoms with E-state index in [4.69, 9.17) is 19.3 Å². The smallest absolute Gasteiger partial charge is 0.383 e. The number of epoxide rings is 1. The lowest BCUT2D eigenvalue weighted by atomic mass is 10.4. The minimum absolute atomic E-state index is 0.124. The Balaban J connectivity index is 0.000001000. The van der Waals surface area contributed by atoms with Gasteiger partial charge in [0, 0.05) is 13.2 Å². The van der Waals surface area contributed by atoms with Crippen molar-refractivity contribution in [2.75, 3.05) is 72.9 Å². The van der Waals surface area contributed by atoms with E-state index in [2.05, 4.69) is 18.9 Å². The lowest BCUT2D eigenvalue weighted by Crippen LogP contribution is -2.40. The van der Waals surface area contributed by atoms with Gasteiger partial charge in [-0.1, -0.05) is 0 Å². The Bertz CT molecular complexity index is 401. The quantitative estimate of drug-likeness (QED) is 0.135. The summed E-state index contributed by atoms with van der Waals surface area (Å²) in [4.78, 5) is 0. The predicted octanol–water partition coefficient (Wildman–Crippen LogP) is 1.01. The molecule has 30 heavy (non-hydrogen) atoms. The lowest BCUT2D eigenvalue weighted by Gasteiger charge is -2.23. The van der Waals surface area contributed by atoms with Gasteiger partial charge in [0.15, 0.2) is 0 Å². The van der Waals surface area contributed by atoms with Crippen LogP contribution in [0, 0.1) is 0 Å². The van der Waals surface area contributed by atoms with Crippen LogP contribution in [0.4, 0.5) is 17.6 Å². The first-order valence-corrected chi connectivity index (χ1v) is 9.40. The van der Waals surface area contributed by atoms with Gasteiger partial charge < -0.3 is 38.6 Å². The summed E-state index contributed by atoms with van der Waals surface area (Å²) in [5, 5.41) is 17.6. The molecule has 1 saturated heterocycles. The van der Waals surface area contributed by atoms with Crippen molar-refractivity contribution in [2.45, 2.75) is 38.3 Å². The van der Waals surface area contributed by atoms with Gasteiger partial charge in [-0.25, -0.2) is 0 Å². The second-order valence-corrected chi connectivity index (χ2v) is 5.92. The van der Waals surface area contributed by atoms with Gasteiger partial charge in [0.2, 0.25) is 0 Å². The van der Waals surface area contributed by atoms with Crippen molar-refractivity contribution in [1.29, 1.82) is 0 Å². The Morgan fingerprint density at radius 2 is 1.50 bits per heavy atom. The van der Waals surface area contributed by atoms with Crippen molar-refractivity contribution >= 4 is 0 Å². The van der Waals surface area contributed by atoms with Crippen molar-refractivity contribution in [2.24, 2.45) is 0 Å². The molecule has 1 aliphatic rings. The minimum atomic E-state index is -4.27. The van der Waals surface area contributed by atoms with Gasteiger partial charge in [0.05, 0.1) is 39.6 Å². The largest absolute Gasteiger partial charge is 0.394 e. The van der Waals surface area contributed by atoms with Crippen molar-refractivity contribution in [3.05, 3.63) is 0 Å². The number of halogens is 4. The van der Waals surface area contributed by atoms with E-state index in [9.17, 15) is 22.7 Å². The molecule has 1 aliphatic heterocycles. The highest BCUT2D eigenvalue weighted by molar-refractivity contribution is 4.66. The van der Waals surface area contributed by atoms with Crippen LogP contribution in [0.25, 0.3) is 0 Å². The summed E-state index contributed by atoms with van der Waals surface area (Å²) >= 11 is 0. The summed E-state index contributed by atoms with van der Waals surface area (Å²) in [7, 11) is 0. The zero-order valence-corrected chi connectivity index (χ0v) is 17.2. The van der Waals surface area contributed by atoms with Crippen LogP contribution >= 0.6 is 0 Å². The predicted molar refractivity (Wildman–Crippen MR) is 94.4 cm³/mol. The van der Waals surface area contributed by atoms with Crippen LogP contribution in [0.5, 0.6) is 0 Å². The zero-order valence-electron chi connectivity index (χ0n) is 17.2. The van der Waals surface area contributed by atoms with Crippen LogP contribution in [0.2, 0.25) is 0 Å². The molecule has 0 spiro atoms. The average molecular weight is 456 g/mol. The van der Waals surface area contributed by atoms with E-state index in [0.717, 1.165) is 19.8 Å². The molecular formula is C17H32F4O9. The molecule has 0 aliphatic carbocycles. The molecule has 2 atom stereocenters. The van der Waals surface area contributed by atoms with Gasteiger partial charge in [0.1, 0.15) is 32.2 Å². The Hall–Kier alpha value is -0.640. The van der Waals surface area contributed by atoms with E-state index in [1.54, 1.807) is 6.92 Å². The molecule has 2 N–H and O–H groups in total. The maximum atomic E-state index is 13.2. The maximum Gasteiger partial charge on any atom is 0.383 e. The normalized spacial score (nSPS) is 17.4. The van der Waals surface area contributed by atoms with E-state index < -0.39 is 44.9 Å². The average Bonchev–Trinajstić information content (AvgIpc) is 3.48. The van der Waals surface area contributed by atoms with Crippen LogP contribution in [0.15, 0.2) is 0 Å². The lowest BCUT2D eigenvalue weighted by molar-refractivity contribution is -0.396. The molecule has 182 valence electrons. The number of alkyl halides is 4. The molecule has 0 amide bonds. The fraction of sp³-hybridized carbons (Fsp3) is 1.00. The molecule has 1 heterocycles. The molecule has 1 rings (SSSR count). The van der Waals surface area contributed by atoms with Crippen LogP contribution in [0.3, 0.4) is 0 Å². The van der Waals surface area contributed by atoms with Gasteiger partial charge in [0.25, 0.3) is 0 Å². The second kappa shape index (κ2) is 17.0. The third-order valence-electron chi connectivity index (χ3n) is 2.98. The Kier molecular flexibility index (Phi) is 16.6.